The Balaban J connectivity index is 2.07. The summed E-state index contributed by atoms with van der Waals surface area (Å²) in [5.74, 6) is 0.324. The van der Waals surface area contributed by atoms with Crippen molar-refractivity contribution in [2.45, 2.75) is 19.4 Å². The van der Waals surface area contributed by atoms with E-state index in [1.54, 1.807) is 19.2 Å². The molecule has 6 heteroatoms. The van der Waals surface area contributed by atoms with Gasteiger partial charge in [-0.15, -0.1) is 0 Å². The maximum Gasteiger partial charge on any atom is 0.315 e. The number of rotatable bonds is 8. The van der Waals surface area contributed by atoms with Crippen LogP contribution in [-0.2, 0) is 4.74 Å². The number of carbonyl (C=O) groups excluding carboxylic acids is 1. The standard InChI is InChI=1S/C14H21FN2O3/c1-11(10-19-2)17-14(18)16-8-3-9-20-13-6-4-12(15)5-7-13/h4-7,11H,3,8-10H2,1-2H3,(H2,16,17,18). The summed E-state index contributed by atoms with van der Waals surface area (Å²) in [5, 5.41) is 5.46. The number of amides is 2. The molecule has 0 radical (unpaired) electrons. The summed E-state index contributed by atoms with van der Waals surface area (Å²) in [7, 11) is 1.59. The number of ether oxygens (including phenoxy) is 2. The molecular weight excluding hydrogens is 263 g/mol. The highest BCUT2D eigenvalue weighted by Crippen LogP contribution is 2.10. The van der Waals surface area contributed by atoms with Gasteiger partial charge in [0.1, 0.15) is 11.6 Å². The predicted molar refractivity (Wildman–Crippen MR) is 74.4 cm³/mol. The molecule has 1 rings (SSSR count). The summed E-state index contributed by atoms with van der Waals surface area (Å²) in [6, 6.07) is 5.58. The molecule has 1 unspecified atom stereocenters. The summed E-state index contributed by atoms with van der Waals surface area (Å²) in [4.78, 5) is 11.4. The lowest BCUT2D eigenvalue weighted by atomic mass is 10.3. The molecular formula is C14H21FN2O3. The van der Waals surface area contributed by atoms with Crippen LogP contribution in [0.5, 0.6) is 5.75 Å². The van der Waals surface area contributed by atoms with E-state index in [1.807, 2.05) is 6.92 Å². The molecule has 1 atom stereocenters. The maximum atomic E-state index is 12.7. The first-order valence-electron chi connectivity index (χ1n) is 6.53. The SMILES string of the molecule is COCC(C)NC(=O)NCCCOc1ccc(F)cc1. The van der Waals surface area contributed by atoms with Gasteiger partial charge in [-0.2, -0.15) is 0 Å². The molecule has 2 amide bonds. The molecule has 0 aliphatic carbocycles. The number of nitrogens with one attached hydrogen (secondary N) is 2. The van der Waals surface area contributed by atoms with Gasteiger partial charge in [0.25, 0.3) is 0 Å². The fourth-order valence-corrected chi connectivity index (χ4v) is 1.56. The Morgan fingerprint density at radius 3 is 2.70 bits per heavy atom. The van der Waals surface area contributed by atoms with Gasteiger partial charge in [0.2, 0.25) is 0 Å². The molecule has 5 nitrogen and oxygen atoms in total. The third kappa shape index (κ3) is 6.94. The summed E-state index contributed by atoms with van der Waals surface area (Å²) < 4.78 is 23.0. The Morgan fingerprint density at radius 2 is 2.05 bits per heavy atom. The van der Waals surface area contributed by atoms with E-state index in [0.717, 1.165) is 0 Å². The van der Waals surface area contributed by atoms with Gasteiger partial charge in [-0.3, -0.25) is 0 Å². The topological polar surface area (TPSA) is 59.6 Å². The molecule has 0 aliphatic rings. The summed E-state index contributed by atoms with van der Waals surface area (Å²) >= 11 is 0. The zero-order valence-corrected chi connectivity index (χ0v) is 11.8. The average molecular weight is 284 g/mol. The average Bonchev–Trinajstić information content (AvgIpc) is 2.40. The summed E-state index contributed by atoms with van der Waals surface area (Å²) in [5.41, 5.74) is 0. The van der Waals surface area contributed by atoms with Crippen LogP contribution in [0.2, 0.25) is 0 Å². The Bertz CT molecular complexity index is 398. The fourth-order valence-electron chi connectivity index (χ4n) is 1.56. The molecule has 0 aliphatic heterocycles. The van der Waals surface area contributed by atoms with Gasteiger partial charge in [0.15, 0.2) is 0 Å². The quantitative estimate of drug-likeness (QED) is 0.717. The molecule has 2 N–H and O–H groups in total. The van der Waals surface area contributed by atoms with Crippen LogP contribution in [-0.4, -0.2) is 38.9 Å². The minimum absolute atomic E-state index is 0.0320. The number of hydrogen-bond acceptors (Lipinski definition) is 3. The van der Waals surface area contributed by atoms with Gasteiger partial charge < -0.3 is 20.1 Å². The molecule has 1 aromatic carbocycles. The second kappa shape index (κ2) is 9.14. The van der Waals surface area contributed by atoms with Crippen molar-refractivity contribution in [1.29, 1.82) is 0 Å². The minimum Gasteiger partial charge on any atom is -0.494 e. The van der Waals surface area contributed by atoms with E-state index < -0.39 is 0 Å². The van der Waals surface area contributed by atoms with Crippen LogP contribution in [0.4, 0.5) is 9.18 Å². The first-order valence-corrected chi connectivity index (χ1v) is 6.53. The van der Waals surface area contributed by atoms with Crippen molar-refractivity contribution in [3.8, 4) is 5.75 Å². The normalized spacial score (nSPS) is 11.8. The van der Waals surface area contributed by atoms with Crippen molar-refractivity contribution >= 4 is 6.03 Å². The molecule has 1 aromatic rings. The minimum atomic E-state index is -0.291. The second-order valence-corrected chi connectivity index (χ2v) is 4.41. The number of urea groups is 1. The van der Waals surface area contributed by atoms with Crippen LogP contribution in [0.1, 0.15) is 13.3 Å². The highest BCUT2D eigenvalue weighted by molar-refractivity contribution is 5.74. The highest BCUT2D eigenvalue weighted by atomic mass is 19.1. The zero-order chi connectivity index (χ0) is 14.8. The van der Waals surface area contributed by atoms with Gasteiger partial charge in [-0.05, 0) is 37.6 Å². The lowest BCUT2D eigenvalue weighted by molar-refractivity contribution is 0.171. The second-order valence-electron chi connectivity index (χ2n) is 4.41. The smallest absolute Gasteiger partial charge is 0.315 e. The monoisotopic (exact) mass is 284 g/mol. The van der Waals surface area contributed by atoms with Gasteiger partial charge in [0, 0.05) is 13.7 Å². The van der Waals surface area contributed by atoms with Gasteiger partial charge in [0.05, 0.1) is 19.3 Å². The first kappa shape index (κ1) is 16.2. The number of halogens is 1. The predicted octanol–water partition coefficient (Wildman–Crippen LogP) is 1.93. The molecule has 0 bridgehead atoms. The van der Waals surface area contributed by atoms with E-state index in [0.29, 0.717) is 31.9 Å². The lowest BCUT2D eigenvalue weighted by Crippen LogP contribution is -2.43. The molecule has 0 fully saturated rings. The van der Waals surface area contributed by atoms with E-state index in [1.165, 1.54) is 12.1 Å². The van der Waals surface area contributed by atoms with Crippen LogP contribution >= 0.6 is 0 Å². The van der Waals surface area contributed by atoms with Crippen molar-refractivity contribution in [3.63, 3.8) is 0 Å². The van der Waals surface area contributed by atoms with E-state index in [9.17, 15) is 9.18 Å². The Kier molecular flexibility index (Phi) is 7.42. The van der Waals surface area contributed by atoms with Crippen molar-refractivity contribution in [1.82, 2.24) is 10.6 Å². The third-order valence-corrected chi connectivity index (χ3v) is 2.48. The molecule has 0 spiro atoms. The van der Waals surface area contributed by atoms with Gasteiger partial charge >= 0.3 is 6.03 Å². The van der Waals surface area contributed by atoms with Gasteiger partial charge in [-0.25, -0.2) is 9.18 Å². The Morgan fingerprint density at radius 1 is 1.35 bits per heavy atom. The van der Waals surface area contributed by atoms with E-state index in [-0.39, 0.29) is 17.9 Å². The zero-order valence-electron chi connectivity index (χ0n) is 11.8. The van der Waals surface area contributed by atoms with E-state index in [2.05, 4.69) is 10.6 Å². The van der Waals surface area contributed by atoms with Crippen molar-refractivity contribution in [2.24, 2.45) is 0 Å². The van der Waals surface area contributed by atoms with Crippen LogP contribution in [0.3, 0.4) is 0 Å². The molecule has 0 aromatic heterocycles. The van der Waals surface area contributed by atoms with Gasteiger partial charge in [-0.1, -0.05) is 0 Å². The first-order chi connectivity index (χ1) is 9.61. The fraction of sp³-hybridized carbons (Fsp3) is 0.500. The Hall–Kier alpha value is -1.82. The number of methoxy groups -OCH3 is 1. The van der Waals surface area contributed by atoms with E-state index in [4.69, 9.17) is 9.47 Å². The van der Waals surface area contributed by atoms with Crippen molar-refractivity contribution in [2.75, 3.05) is 26.9 Å². The molecule has 20 heavy (non-hydrogen) atoms. The highest BCUT2D eigenvalue weighted by Gasteiger charge is 2.05. The third-order valence-electron chi connectivity index (χ3n) is 2.48. The van der Waals surface area contributed by atoms with Crippen LogP contribution < -0.4 is 15.4 Å². The summed E-state index contributed by atoms with van der Waals surface area (Å²) in [6.07, 6.45) is 0.670. The van der Waals surface area contributed by atoms with Crippen LogP contribution in [0.15, 0.2) is 24.3 Å². The van der Waals surface area contributed by atoms with Crippen molar-refractivity contribution in [3.05, 3.63) is 30.1 Å². The van der Waals surface area contributed by atoms with E-state index >= 15 is 0 Å². The summed E-state index contributed by atoms with van der Waals surface area (Å²) in [6.45, 7) is 3.30. The van der Waals surface area contributed by atoms with Crippen LogP contribution in [0, 0.1) is 5.82 Å². The van der Waals surface area contributed by atoms with Crippen molar-refractivity contribution < 1.29 is 18.7 Å². The molecule has 0 saturated heterocycles. The molecule has 0 saturated carbocycles. The molecule has 0 heterocycles. The Labute approximate surface area is 118 Å². The van der Waals surface area contributed by atoms with Crippen LogP contribution in [0.25, 0.3) is 0 Å². The number of benzene rings is 1. The maximum absolute atomic E-state index is 12.7. The number of carbonyl (C=O) groups is 1. The lowest BCUT2D eigenvalue weighted by Gasteiger charge is -2.13. The number of hydrogen-bond donors (Lipinski definition) is 2. The largest absolute Gasteiger partial charge is 0.494 e. The molecule has 112 valence electrons.